The number of nitrogens with two attached hydrogens (primary N) is 1. The minimum absolute atomic E-state index is 0.250. The van der Waals surface area contributed by atoms with E-state index in [1.165, 1.54) is 0 Å². The van der Waals surface area contributed by atoms with Crippen molar-refractivity contribution in [1.29, 1.82) is 0 Å². The second kappa shape index (κ2) is 6.72. The SMILES string of the molecule is CC1CC(OCCCC(C)(C)CN)CC(C)O1. The Labute approximate surface area is 106 Å². The van der Waals surface area contributed by atoms with Gasteiger partial charge in [-0.2, -0.15) is 0 Å². The Morgan fingerprint density at radius 2 is 1.82 bits per heavy atom. The summed E-state index contributed by atoms with van der Waals surface area (Å²) >= 11 is 0. The van der Waals surface area contributed by atoms with Crippen LogP contribution >= 0.6 is 0 Å². The fraction of sp³-hybridized carbons (Fsp3) is 1.00. The molecule has 0 radical (unpaired) electrons. The highest BCUT2D eigenvalue weighted by atomic mass is 16.5. The molecule has 2 N–H and O–H groups in total. The third-order valence-electron chi connectivity index (χ3n) is 3.56. The van der Waals surface area contributed by atoms with E-state index in [-0.39, 0.29) is 5.41 Å². The lowest BCUT2D eigenvalue weighted by atomic mass is 9.88. The quantitative estimate of drug-likeness (QED) is 0.730. The monoisotopic (exact) mass is 243 g/mol. The third kappa shape index (κ3) is 5.84. The van der Waals surface area contributed by atoms with Crippen LogP contribution in [-0.4, -0.2) is 31.5 Å². The van der Waals surface area contributed by atoms with E-state index in [1.54, 1.807) is 0 Å². The molecule has 0 aromatic rings. The van der Waals surface area contributed by atoms with Gasteiger partial charge in [-0.25, -0.2) is 0 Å². The van der Waals surface area contributed by atoms with Gasteiger partial charge in [0.2, 0.25) is 0 Å². The molecule has 1 rings (SSSR count). The van der Waals surface area contributed by atoms with Crippen molar-refractivity contribution in [2.24, 2.45) is 11.1 Å². The first-order chi connectivity index (χ1) is 7.93. The van der Waals surface area contributed by atoms with Crippen molar-refractivity contribution in [3.8, 4) is 0 Å². The average molecular weight is 243 g/mol. The molecule has 102 valence electrons. The number of rotatable bonds is 6. The highest BCUT2D eigenvalue weighted by Crippen LogP contribution is 2.23. The largest absolute Gasteiger partial charge is 0.378 e. The van der Waals surface area contributed by atoms with E-state index in [0.29, 0.717) is 18.3 Å². The van der Waals surface area contributed by atoms with Gasteiger partial charge in [0.15, 0.2) is 0 Å². The van der Waals surface area contributed by atoms with Crippen LogP contribution in [0.3, 0.4) is 0 Å². The first-order valence-electron chi connectivity index (χ1n) is 6.90. The van der Waals surface area contributed by atoms with Gasteiger partial charge in [-0.3, -0.25) is 0 Å². The summed E-state index contributed by atoms with van der Waals surface area (Å²) in [4.78, 5) is 0. The lowest BCUT2D eigenvalue weighted by Gasteiger charge is -2.32. The van der Waals surface area contributed by atoms with Gasteiger partial charge in [0.25, 0.3) is 0 Å². The molecular formula is C14H29NO2. The minimum atomic E-state index is 0.250. The summed E-state index contributed by atoms with van der Waals surface area (Å²) in [5.74, 6) is 0. The maximum absolute atomic E-state index is 5.94. The molecule has 0 saturated carbocycles. The summed E-state index contributed by atoms with van der Waals surface area (Å²) in [5.41, 5.74) is 5.96. The molecule has 1 aliphatic rings. The van der Waals surface area contributed by atoms with E-state index in [0.717, 1.165) is 38.8 Å². The molecule has 2 atom stereocenters. The fourth-order valence-electron chi connectivity index (χ4n) is 2.38. The van der Waals surface area contributed by atoms with Gasteiger partial charge in [-0.1, -0.05) is 13.8 Å². The zero-order chi connectivity index (χ0) is 12.9. The Balaban J connectivity index is 2.14. The van der Waals surface area contributed by atoms with Crippen molar-refractivity contribution >= 4 is 0 Å². The fourth-order valence-corrected chi connectivity index (χ4v) is 2.38. The molecule has 0 amide bonds. The normalized spacial score (nSPS) is 30.5. The van der Waals surface area contributed by atoms with Crippen LogP contribution in [0.1, 0.15) is 53.4 Å². The molecule has 0 aromatic heterocycles. The summed E-state index contributed by atoms with van der Waals surface area (Å²) in [6.07, 6.45) is 5.36. The van der Waals surface area contributed by atoms with Crippen molar-refractivity contribution < 1.29 is 9.47 Å². The van der Waals surface area contributed by atoms with Crippen molar-refractivity contribution in [1.82, 2.24) is 0 Å². The van der Waals surface area contributed by atoms with Crippen LogP contribution in [0.5, 0.6) is 0 Å². The van der Waals surface area contributed by atoms with Gasteiger partial charge in [0, 0.05) is 6.61 Å². The predicted octanol–water partition coefficient (Wildman–Crippen LogP) is 2.72. The Bertz CT molecular complexity index is 208. The molecule has 0 bridgehead atoms. The van der Waals surface area contributed by atoms with Gasteiger partial charge in [0.05, 0.1) is 18.3 Å². The van der Waals surface area contributed by atoms with E-state index >= 15 is 0 Å². The molecule has 0 spiro atoms. The predicted molar refractivity (Wildman–Crippen MR) is 71.1 cm³/mol. The summed E-state index contributed by atoms with van der Waals surface area (Å²) in [7, 11) is 0. The van der Waals surface area contributed by atoms with Gasteiger partial charge in [0.1, 0.15) is 0 Å². The smallest absolute Gasteiger partial charge is 0.0624 e. The third-order valence-corrected chi connectivity index (χ3v) is 3.56. The van der Waals surface area contributed by atoms with Crippen LogP contribution in [0.2, 0.25) is 0 Å². The molecule has 3 nitrogen and oxygen atoms in total. The Morgan fingerprint density at radius 3 is 2.35 bits per heavy atom. The standard InChI is InChI=1S/C14H29NO2/c1-11-8-13(9-12(2)17-11)16-7-5-6-14(3,4)10-15/h11-13H,5-10,15H2,1-4H3. The number of hydrogen-bond acceptors (Lipinski definition) is 3. The van der Waals surface area contributed by atoms with Gasteiger partial charge >= 0.3 is 0 Å². The van der Waals surface area contributed by atoms with Crippen LogP contribution in [0.15, 0.2) is 0 Å². The topological polar surface area (TPSA) is 44.5 Å². The van der Waals surface area contributed by atoms with E-state index in [2.05, 4.69) is 27.7 Å². The van der Waals surface area contributed by atoms with Crippen LogP contribution in [0.25, 0.3) is 0 Å². The second-order valence-electron chi connectivity index (χ2n) is 6.19. The first kappa shape index (κ1) is 14.9. The Kier molecular flexibility index (Phi) is 5.90. The van der Waals surface area contributed by atoms with E-state index in [9.17, 15) is 0 Å². The average Bonchev–Trinajstić information content (AvgIpc) is 2.23. The van der Waals surface area contributed by atoms with Crippen LogP contribution in [0.4, 0.5) is 0 Å². The lowest BCUT2D eigenvalue weighted by Crippen LogP contribution is -2.34. The molecule has 1 aliphatic heterocycles. The Hall–Kier alpha value is -0.120. The van der Waals surface area contributed by atoms with E-state index < -0.39 is 0 Å². The van der Waals surface area contributed by atoms with Crippen LogP contribution in [0, 0.1) is 5.41 Å². The van der Waals surface area contributed by atoms with E-state index in [1.807, 2.05) is 0 Å². The van der Waals surface area contributed by atoms with Crippen molar-refractivity contribution in [2.45, 2.75) is 71.7 Å². The molecule has 0 aromatic carbocycles. The van der Waals surface area contributed by atoms with Crippen molar-refractivity contribution in [3.63, 3.8) is 0 Å². The lowest BCUT2D eigenvalue weighted by molar-refractivity contribution is -0.102. The van der Waals surface area contributed by atoms with Gasteiger partial charge < -0.3 is 15.2 Å². The van der Waals surface area contributed by atoms with Gasteiger partial charge in [-0.15, -0.1) is 0 Å². The first-order valence-corrected chi connectivity index (χ1v) is 6.90. The molecule has 2 unspecified atom stereocenters. The maximum atomic E-state index is 5.94. The maximum Gasteiger partial charge on any atom is 0.0624 e. The summed E-state index contributed by atoms with van der Waals surface area (Å²) in [6.45, 7) is 10.3. The molecule has 1 fully saturated rings. The highest BCUT2D eigenvalue weighted by Gasteiger charge is 2.25. The summed E-state index contributed by atoms with van der Waals surface area (Å²) in [5, 5.41) is 0. The molecule has 1 heterocycles. The number of ether oxygens (including phenoxy) is 2. The zero-order valence-corrected chi connectivity index (χ0v) is 11.9. The molecule has 1 saturated heterocycles. The summed E-state index contributed by atoms with van der Waals surface area (Å²) in [6, 6.07) is 0. The number of hydrogen-bond donors (Lipinski definition) is 1. The van der Waals surface area contributed by atoms with Crippen molar-refractivity contribution in [2.75, 3.05) is 13.2 Å². The minimum Gasteiger partial charge on any atom is -0.378 e. The molecule has 3 heteroatoms. The van der Waals surface area contributed by atoms with Crippen LogP contribution < -0.4 is 5.73 Å². The second-order valence-corrected chi connectivity index (χ2v) is 6.19. The molecule has 0 aliphatic carbocycles. The van der Waals surface area contributed by atoms with Gasteiger partial charge in [-0.05, 0) is 51.5 Å². The highest BCUT2D eigenvalue weighted by molar-refractivity contribution is 4.74. The molecular weight excluding hydrogens is 214 g/mol. The zero-order valence-electron chi connectivity index (χ0n) is 11.9. The summed E-state index contributed by atoms with van der Waals surface area (Å²) < 4.78 is 11.6. The van der Waals surface area contributed by atoms with E-state index in [4.69, 9.17) is 15.2 Å². The Morgan fingerprint density at radius 1 is 1.24 bits per heavy atom. The van der Waals surface area contributed by atoms with Crippen molar-refractivity contribution in [3.05, 3.63) is 0 Å². The van der Waals surface area contributed by atoms with Crippen LogP contribution in [-0.2, 0) is 9.47 Å². The molecule has 17 heavy (non-hydrogen) atoms.